The Morgan fingerprint density at radius 1 is 0.935 bits per heavy atom. The number of piperazine rings is 1. The second kappa shape index (κ2) is 12.4. The monoisotopic (exact) mass is 640 g/mol. The molecule has 2 aromatic carbocycles. The van der Waals surface area contributed by atoms with E-state index in [-0.39, 0.29) is 11.9 Å². The summed E-state index contributed by atoms with van der Waals surface area (Å²) in [6, 6.07) is 19.9. The predicted octanol–water partition coefficient (Wildman–Crippen LogP) is 6.38. The van der Waals surface area contributed by atoms with Crippen LogP contribution in [0.4, 0.5) is 16.6 Å². The maximum Gasteiger partial charge on any atom is 0.408 e. The molecule has 3 amide bonds. The van der Waals surface area contributed by atoms with Crippen molar-refractivity contribution in [1.29, 1.82) is 0 Å². The molecule has 0 spiro atoms. The second-order valence-corrected chi connectivity index (χ2v) is 14.1. The van der Waals surface area contributed by atoms with Gasteiger partial charge in [-0.15, -0.1) is 11.3 Å². The highest BCUT2D eigenvalue weighted by molar-refractivity contribution is 7.18. The molecule has 0 unspecified atom stereocenters. The number of nitrogens with one attached hydrogen (secondary N) is 1. The largest absolute Gasteiger partial charge is 0.465 e. The highest BCUT2D eigenvalue weighted by Crippen LogP contribution is 2.45. The summed E-state index contributed by atoms with van der Waals surface area (Å²) in [6.45, 7) is 10.3. The molecule has 0 aliphatic carbocycles. The standard InChI is InChI=1S/C35H40N6O4S/c1-5-26-22-27-28(36-32(37-29(27)46-26)38-31(43)35(34(2,3)4)16-9-17-41(35)33(44)45)39-18-20-40(21-19-39)30(42)25-14-12-24(13-15-25)23-10-7-6-8-11-23/h6-8,10-15,22H,5,9,16-21H2,1-4H3,(H,44,45)(H,36,37,38,43)/t35-/m1/s1. The van der Waals surface area contributed by atoms with Crippen molar-refractivity contribution in [3.05, 3.63) is 71.1 Å². The summed E-state index contributed by atoms with van der Waals surface area (Å²) in [7, 11) is 0. The summed E-state index contributed by atoms with van der Waals surface area (Å²) in [5, 5.41) is 13.8. The third-order valence-electron chi connectivity index (χ3n) is 9.33. The van der Waals surface area contributed by atoms with E-state index >= 15 is 0 Å². The van der Waals surface area contributed by atoms with Crippen molar-refractivity contribution in [2.24, 2.45) is 5.41 Å². The maximum atomic E-state index is 14.0. The number of carbonyl (C=O) groups excluding carboxylic acids is 2. The van der Waals surface area contributed by atoms with Gasteiger partial charge < -0.3 is 14.9 Å². The molecule has 10 nitrogen and oxygen atoms in total. The Hall–Kier alpha value is -4.51. The van der Waals surface area contributed by atoms with E-state index in [1.807, 2.05) is 68.1 Å². The lowest BCUT2D eigenvalue weighted by atomic mass is 9.71. The zero-order chi connectivity index (χ0) is 32.6. The average Bonchev–Trinajstić information content (AvgIpc) is 3.71. The quantitative estimate of drug-likeness (QED) is 0.251. The number of benzene rings is 2. The number of likely N-dealkylation sites (tertiary alicyclic amines) is 1. The number of rotatable bonds is 6. The Labute approximate surface area is 273 Å². The lowest BCUT2D eigenvalue weighted by Crippen LogP contribution is -2.62. The number of carbonyl (C=O) groups is 3. The van der Waals surface area contributed by atoms with Crippen LogP contribution in [0.25, 0.3) is 21.3 Å². The van der Waals surface area contributed by atoms with Gasteiger partial charge in [0.25, 0.3) is 11.8 Å². The van der Waals surface area contributed by atoms with Crippen molar-refractivity contribution in [2.75, 3.05) is 42.9 Å². The number of fused-ring (bicyclic) bond motifs is 1. The van der Waals surface area contributed by atoms with Crippen LogP contribution in [-0.2, 0) is 11.2 Å². The smallest absolute Gasteiger partial charge is 0.408 e. The molecular weight excluding hydrogens is 600 g/mol. The van der Waals surface area contributed by atoms with Gasteiger partial charge in [0.05, 0.1) is 5.39 Å². The van der Waals surface area contributed by atoms with Gasteiger partial charge in [0, 0.05) is 43.2 Å². The number of anilines is 2. The van der Waals surface area contributed by atoms with E-state index in [4.69, 9.17) is 9.97 Å². The van der Waals surface area contributed by atoms with Crippen LogP contribution in [0.2, 0.25) is 0 Å². The Morgan fingerprint density at radius 2 is 1.61 bits per heavy atom. The molecule has 11 heteroatoms. The molecule has 46 heavy (non-hydrogen) atoms. The summed E-state index contributed by atoms with van der Waals surface area (Å²) in [5.41, 5.74) is 0.937. The van der Waals surface area contributed by atoms with Crippen LogP contribution < -0.4 is 10.2 Å². The van der Waals surface area contributed by atoms with Crippen LogP contribution in [0.1, 0.15) is 55.8 Å². The topological polar surface area (TPSA) is 119 Å². The van der Waals surface area contributed by atoms with E-state index in [0.717, 1.165) is 32.6 Å². The van der Waals surface area contributed by atoms with E-state index in [1.165, 1.54) is 4.90 Å². The first-order chi connectivity index (χ1) is 22.0. The van der Waals surface area contributed by atoms with Crippen molar-refractivity contribution < 1.29 is 19.5 Å². The van der Waals surface area contributed by atoms with E-state index in [9.17, 15) is 19.5 Å². The Bertz CT molecular complexity index is 1760. The first-order valence-corrected chi connectivity index (χ1v) is 16.7. The lowest BCUT2D eigenvalue weighted by Gasteiger charge is -2.45. The number of carboxylic acid groups (broad SMARTS) is 1. The fourth-order valence-corrected chi connectivity index (χ4v) is 7.77. The third-order valence-corrected chi connectivity index (χ3v) is 10.5. The molecule has 1 atom stereocenters. The van der Waals surface area contributed by atoms with Gasteiger partial charge in [0.15, 0.2) is 0 Å². The fraction of sp³-hybridized carbons (Fsp3) is 0.400. The SMILES string of the molecule is CCc1cc2c(N3CCN(C(=O)c4ccc(-c5ccccc5)cc4)CC3)nc(NC(=O)[C@@]3(C(C)(C)C)CCCN3C(=O)O)nc2s1. The molecule has 6 rings (SSSR count). The number of hydrogen-bond acceptors (Lipinski definition) is 7. The first-order valence-electron chi connectivity index (χ1n) is 15.8. The Kier molecular flexibility index (Phi) is 8.45. The minimum atomic E-state index is -1.24. The summed E-state index contributed by atoms with van der Waals surface area (Å²) in [6.07, 6.45) is 0.764. The second-order valence-electron chi connectivity index (χ2n) is 13.0. The molecule has 4 aromatic rings. The van der Waals surface area contributed by atoms with Crippen LogP contribution in [0.5, 0.6) is 0 Å². The van der Waals surface area contributed by atoms with Gasteiger partial charge in [-0.05, 0) is 54.0 Å². The summed E-state index contributed by atoms with van der Waals surface area (Å²) in [4.78, 5) is 56.4. The third kappa shape index (κ3) is 5.68. The van der Waals surface area contributed by atoms with E-state index in [2.05, 4.69) is 35.3 Å². The molecule has 2 aliphatic heterocycles. The first kappa shape index (κ1) is 31.5. The van der Waals surface area contributed by atoms with Crippen molar-refractivity contribution in [3.8, 4) is 11.1 Å². The minimum Gasteiger partial charge on any atom is -0.465 e. The zero-order valence-electron chi connectivity index (χ0n) is 26.7. The van der Waals surface area contributed by atoms with Gasteiger partial charge in [-0.2, -0.15) is 4.98 Å². The number of aromatic nitrogens is 2. The van der Waals surface area contributed by atoms with E-state index in [0.29, 0.717) is 56.9 Å². The van der Waals surface area contributed by atoms with Crippen LogP contribution >= 0.6 is 11.3 Å². The van der Waals surface area contributed by atoms with Crippen molar-refractivity contribution in [1.82, 2.24) is 19.8 Å². The highest BCUT2D eigenvalue weighted by atomic mass is 32.1. The lowest BCUT2D eigenvalue weighted by molar-refractivity contribution is -0.131. The molecule has 240 valence electrons. The van der Waals surface area contributed by atoms with Crippen LogP contribution in [-0.4, -0.2) is 81.0 Å². The summed E-state index contributed by atoms with van der Waals surface area (Å²) in [5.74, 6) is 0.457. The van der Waals surface area contributed by atoms with Crippen molar-refractivity contribution in [2.45, 2.75) is 52.5 Å². The molecular formula is C35H40N6O4S. The van der Waals surface area contributed by atoms with Gasteiger partial charge in [-0.3, -0.25) is 19.8 Å². The minimum absolute atomic E-state index is 0.00382. The fourth-order valence-electron chi connectivity index (χ4n) is 6.81. The molecule has 4 heterocycles. The van der Waals surface area contributed by atoms with Crippen LogP contribution in [0, 0.1) is 5.41 Å². The summed E-state index contributed by atoms with van der Waals surface area (Å²) < 4.78 is 0. The van der Waals surface area contributed by atoms with Crippen LogP contribution in [0.15, 0.2) is 60.7 Å². The number of thiophene rings is 1. The van der Waals surface area contributed by atoms with Crippen molar-refractivity contribution in [3.63, 3.8) is 0 Å². The number of nitrogens with zero attached hydrogens (tertiary/aromatic N) is 5. The van der Waals surface area contributed by atoms with Gasteiger partial charge in [-0.25, -0.2) is 9.78 Å². The average molecular weight is 641 g/mol. The van der Waals surface area contributed by atoms with Crippen LogP contribution in [0.3, 0.4) is 0 Å². The highest BCUT2D eigenvalue weighted by Gasteiger charge is 2.57. The Morgan fingerprint density at radius 3 is 2.24 bits per heavy atom. The Balaban J connectivity index is 1.22. The molecule has 2 fully saturated rings. The van der Waals surface area contributed by atoms with E-state index < -0.39 is 23.0 Å². The van der Waals surface area contributed by atoms with Gasteiger partial charge >= 0.3 is 6.09 Å². The predicted molar refractivity (Wildman–Crippen MR) is 182 cm³/mol. The maximum absolute atomic E-state index is 14.0. The number of hydrogen-bond donors (Lipinski definition) is 2. The zero-order valence-corrected chi connectivity index (χ0v) is 27.6. The molecule has 2 N–H and O–H groups in total. The van der Waals surface area contributed by atoms with Gasteiger partial charge in [-0.1, -0.05) is 70.2 Å². The normalized spacial score (nSPS) is 18.7. The molecule has 0 radical (unpaired) electrons. The molecule has 2 aliphatic rings. The van der Waals surface area contributed by atoms with Gasteiger partial charge in [0.2, 0.25) is 5.95 Å². The summed E-state index contributed by atoms with van der Waals surface area (Å²) >= 11 is 1.56. The van der Waals surface area contributed by atoms with Gasteiger partial charge in [0.1, 0.15) is 16.2 Å². The molecule has 0 saturated carbocycles. The number of amides is 3. The van der Waals surface area contributed by atoms with Crippen molar-refractivity contribution >= 4 is 51.2 Å². The molecule has 2 aromatic heterocycles. The molecule has 0 bridgehead atoms. The number of aryl methyl sites for hydroxylation is 1. The molecule has 2 saturated heterocycles. The van der Waals surface area contributed by atoms with E-state index in [1.54, 1.807) is 11.3 Å².